The zero-order valence-corrected chi connectivity index (χ0v) is 11.5. The molecule has 0 fully saturated rings. The van der Waals surface area contributed by atoms with E-state index in [0.29, 0.717) is 5.92 Å². The van der Waals surface area contributed by atoms with Gasteiger partial charge in [-0.25, -0.2) is 0 Å². The van der Waals surface area contributed by atoms with Crippen LogP contribution in [0.5, 0.6) is 0 Å². The smallest absolute Gasteiger partial charge is 0.00923 e. The molecule has 0 N–H and O–H groups in total. The Hall–Kier alpha value is -0.170. The summed E-state index contributed by atoms with van der Waals surface area (Å²) in [5.41, 5.74) is 2.96. The minimum atomic E-state index is 0.242. The van der Waals surface area contributed by atoms with Crippen LogP contribution in [0, 0.1) is 11.3 Å². The van der Waals surface area contributed by atoms with Crippen molar-refractivity contribution in [2.24, 2.45) is 11.3 Å². The topological polar surface area (TPSA) is 0 Å². The number of hydrogen-bond donors (Lipinski definition) is 0. The van der Waals surface area contributed by atoms with E-state index in [1.165, 1.54) is 16.1 Å². The first-order chi connectivity index (χ1) is 6.21. The molecule has 0 aliphatic heterocycles. The van der Waals surface area contributed by atoms with Crippen molar-refractivity contribution in [3.05, 3.63) is 22.6 Å². The lowest BCUT2D eigenvalue weighted by Crippen LogP contribution is -2.16. The standard InChI is InChI=1S/C13H24S/c1-9(2)11(13(5,6)7)12(14-8)10(3)4/h9H,3H2,1-2,4-8H3/b12-11+. The lowest BCUT2D eigenvalue weighted by molar-refractivity contribution is 0.446. The Morgan fingerprint density at radius 3 is 1.71 bits per heavy atom. The van der Waals surface area contributed by atoms with E-state index in [1.807, 2.05) is 11.8 Å². The normalized spacial score (nSPS) is 14.3. The summed E-state index contributed by atoms with van der Waals surface area (Å²) in [5, 5.41) is 0. The van der Waals surface area contributed by atoms with Gasteiger partial charge in [0, 0.05) is 4.91 Å². The molecule has 0 saturated carbocycles. The van der Waals surface area contributed by atoms with Crippen molar-refractivity contribution in [2.75, 3.05) is 6.26 Å². The fourth-order valence-electron chi connectivity index (χ4n) is 1.98. The lowest BCUT2D eigenvalue weighted by atomic mass is 9.79. The summed E-state index contributed by atoms with van der Waals surface area (Å²) in [6.45, 7) is 17.5. The van der Waals surface area contributed by atoms with Gasteiger partial charge in [0.25, 0.3) is 0 Å². The van der Waals surface area contributed by atoms with Crippen LogP contribution in [0.25, 0.3) is 0 Å². The number of allylic oxidation sites excluding steroid dienone is 2. The van der Waals surface area contributed by atoms with Crippen LogP contribution < -0.4 is 0 Å². The van der Waals surface area contributed by atoms with Crippen molar-refractivity contribution in [3.63, 3.8) is 0 Å². The summed E-state index contributed by atoms with van der Waals surface area (Å²) in [6, 6.07) is 0. The molecule has 0 rings (SSSR count). The quantitative estimate of drug-likeness (QED) is 0.601. The average Bonchev–Trinajstić information content (AvgIpc) is 1.95. The first-order valence-electron chi connectivity index (χ1n) is 5.16. The maximum Gasteiger partial charge on any atom is 0.00923 e. The van der Waals surface area contributed by atoms with E-state index in [-0.39, 0.29) is 5.41 Å². The highest BCUT2D eigenvalue weighted by Gasteiger charge is 2.23. The molecule has 0 aromatic rings. The van der Waals surface area contributed by atoms with Crippen LogP contribution >= 0.6 is 11.8 Å². The third-order valence-electron chi connectivity index (χ3n) is 2.22. The van der Waals surface area contributed by atoms with Crippen LogP contribution in [0.4, 0.5) is 0 Å². The maximum atomic E-state index is 4.06. The van der Waals surface area contributed by atoms with E-state index in [2.05, 4.69) is 54.4 Å². The van der Waals surface area contributed by atoms with Gasteiger partial charge in [0.05, 0.1) is 0 Å². The van der Waals surface area contributed by atoms with E-state index in [0.717, 1.165) is 0 Å². The van der Waals surface area contributed by atoms with Gasteiger partial charge in [-0.15, -0.1) is 11.8 Å². The van der Waals surface area contributed by atoms with Crippen molar-refractivity contribution in [2.45, 2.75) is 41.5 Å². The Kier molecular flexibility index (Phi) is 5.00. The minimum absolute atomic E-state index is 0.242. The van der Waals surface area contributed by atoms with Gasteiger partial charge in [0.15, 0.2) is 0 Å². The number of hydrogen-bond acceptors (Lipinski definition) is 1. The van der Waals surface area contributed by atoms with Crippen LogP contribution in [0.3, 0.4) is 0 Å². The Bertz CT molecular complexity index is 238. The van der Waals surface area contributed by atoms with Crippen molar-refractivity contribution in [1.82, 2.24) is 0 Å². The van der Waals surface area contributed by atoms with Gasteiger partial charge in [-0.1, -0.05) is 41.2 Å². The summed E-state index contributed by atoms with van der Waals surface area (Å²) >= 11 is 1.82. The molecule has 0 aromatic carbocycles. The lowest BCUT2D eigenvalue weighted by Gasteiger charge is -2.29. The van der Waals surface area contributed by atoms with Crippen LogP contribution in [-0.2, 0) is 0 Å². The fourth-order valence-corrected chi connectivity index (χ4v) is 3.09. The molecule has 14 heavy (non-hydrogen) atoms. The summed E-state index contributed by atoms with van der Waals surface area (Å²) in [4.78, 5) is 1.38. The molecule has 82 valence electrons. The highest BCUT2D eigenvalue weighted by molar-refractivity contribution is 8.02. The molecule has 0 saturated heterocycles. The second-order valence-corrected chi connectivity index (χ2v) is 5.95. The third-order valence-corrected chi connectivity index (χ3v) is 3.20. The molecule has 0 bridgehead atoms. The van der Waals surface area contributed by atoms with Crippen molar-refractivity contribution < 1.29 is 0 Å². The molecule has 0 heterocycles. The van der Waals surface area contributed by atoms with Gasteiger partial charge in [-0.05, 0) is 35.7 Å². The average molecular weight is 212 g/mol. The summed E-state index contributed by atoms with van der Waals surface area (Å²) in [6.07, 6.45) is 2.14. The third kappa shape index (κ3) is 3.53. The Balaban J connectivity index is 5.45. The molecule has 0 aliphatic carbocycles. The molecular formula is C13H24S. The zero-order chi connectivity index (χ0) is 11.5. The maximum absolute atomic E-state index is 4.06. The molecule has 0 aliphatic rings. The Morgan fingerprint density at radius 1 is 1.21 bits per heavy atom. The van der Waals surface area contributed by atoms with Crippen LogP contribution in [0.15, 0.2) is 22.6 Å². The molecule has 0 radical (unpaired) electrons. The van der Waals surface area contributed by atoms with Gasteiger partial charge in [-0.2, -0.15) is 0 Å². The molecule has 0 spiro atoms. The van der Waals surface area contributed by atoms with E-state index in [1.54, 1.807) is 0 Å². The van der Waals surface area contributed by atoms with Crippen molar-refractivity contribution in [1.29, 1.82) is 0 Å². The number of rotatable bonds is 3. The molecule has 0 amide bonds. The zero-order valence-electron chi connectivity index (χ0n) is 10.7. The predicted molar refractivity (Wildman–Crippen MR) is 69.6 cm³/mol. The summed E-state index contributed by atoms with van der Waals surface area (Å²) in [5.74, 6) is 0.592. The minimum Gasteiger partial charge on any atom is -0.129 e. The highest BCUT2D eigenvalue weighted by Crippen LogP contribution is 2.39. The molecule has 0 nitrogen and oxygen atoms in total. The molecule has 0 atom stereocenters. The first kappa shape index (κ1) is 13.8. The van der Waals surface area contributed by atoms with E-state index < -0.39 is 0 Å². The highest BCUT2D eigenvalue weighted by atomic mass is 32.2. The van der Waals surface area contributed by atoms with E-state index in [4.69, 9.17) is 0 Å². The van der Waals surface area contributed by atoms with Gasteiger partial charge in [-0.3, -0.25) is 0 Å². The molecular weight excluding hydrogens is 188 g/mol. The Morgan fingerprint density at radius 2 is 1.64 bits per heavy atom. The molecule has 0 unspecified atom stereocenters. The first-order valence-corrected chi connectivity index (χ1v) is 6.38. The second-order valence-electron chi connectivity index (χ2n) is 5.13. The monoisotopic (exact) mass is 212 g/mol. The van der Waals surface area contributed by atoms with E-state index >= 15 is 0 Å². The second kappa shape index (κ2) is 5.06. The summed E-state index contributed by atoms with van der Waals surface area (Å²) in [7, 11) is 0. The van der Waals surface area contributed by atoms with Gasteiger partial charge >= 0.3 is 0 Å². The summed E-state index contributed by atoms with van der Waals surface area (Å²) < 4.78 is 0. The van der Waals surface area contributed by atoms with Gasteiger partial charge < -0.3 is 0 Å². The predicted octanol–water partition coefficient (Wildman–Crippen LogP) is 4.88. The largest absolute Gasteiger partial charge is 0.129 e. The van der Waals surface area contributed by atoms with Crippen LogP contribution in [0.1, 0.15) is 41.5 Å². The van der Waals surface area contributed by atoms with Crippen LogP contribution in [-0.4, -0.2) is 6.26 Å². The van der Waals surface area contributed by atoms with Crippen LogP contribution in [0.2, 0.25) is 0 Å². The van der Waals surface area contributed by atoms with E-state index in [9.17, 15) is 0 Å². The van der Waals surface area contributed by atoms with Crippen molar-refractivity contribution >= 4 is 11.8 Å². The number of thioether (sulfide) groups is 1. The van der Waals surface area contributed by atoms with Gasteiger partial charge in [0.2, 0.25) is 0 Å². The SMILES string of the molecule is C=C(C)/C(SC)=C(/C(C)C)C(C)(C)C. The van der Waals surface area contributed by atoms with Crippen molar-refractivity contribution in [3.8, 4) is 0 Å². The fraction of sp³-hybridized carbons (Fsp3) is 0.692. The van der Waals surface area contributed by atoms with Gasteiger partial charge in [0.1, 0.15) is 0 Å². The molecule has 0 aromatic heterocycles. The Labute approximate surface area is 93.9 Å². The molecule has 1 heteroatoms.